The van der Waals surface area contributed by atoms with Crippen LogP contribution in [0.4, 0.5) is 4.39 Å². The molecule has 1 fully saturated rings. The summed E-state index contributed by atoms with van der Waals surface area (Å²) < 4.78 is 19.5. The van der Waals surface area contributed by atoms with Gasteiger partial charge in [0.05, 0.1) is 11.7 Å². The summed E-state index contributed by atoms with van der Waals surface area (Å²) in [6, 6.07) is 4.56. The summed E-state index contributed by atoms with van der Waals surface area (Å²) in [5, 5.41) is 0. The van der Waals surface area contributed by atoms with Gasteiger partial charge in [-0.15, -0.1) is 11.6 Å². The Morgan fingerprint density at radius 2 is 2.24 bits per heavy atom. The van der Waals surface area contributed by atoms with E-state index in [1.54, 1.807) is 6.07 Å². The maximum atomic E-state index is 13.4. The maximum Gasteiger partial charge on any atom is 0.135 e. The van der Waals surface area contributed by atoms with Crippen LogP contribution in [0.15, 0.2) is 18.2 Å². The van der Waals surface area contributed by atoms with Gasteiger partial charge in [-0.2, -0.15) is 0 Å². The molecule has 1 aromatic carbocycles. The van der Waals surface area contributed by atoms with Crippen molar-refractivity contribution in [2.45, 2.75) is 51.6 Å². The van der Waals surface area contributed by atoms with Crippen LogP contribution in [0.25, 0.3) is 0 Å². The van der Waals surface area contributed by atoms with Crippen molar-refractivity contribution >= 4 is 11.6 Å². The zero-order valence-corrected chi connectivity index (χ0v) is 13.3. The molecule has 2 unspecified atom stereocenters. The molecule has 21 heavy (non-hydrogen) atoms. The molecule has 0 bridgehead atoms. The Balaban J connectivity index is 2.10. The third-order valence-corrected chi connectivity index (χ3v) is 4.18. The van der Waals surface area contributed by atoms with Gasteiger partial charge in [-0.25, -0.2) is 4.39 Å². The summed E-state index contributed by atoms with van der Waals surface area (Å²) in [4.78, 5) is 0. The lowest BCUT2D eigenvalue weighted by Crippen LogP contribution is -2.25. The fourth-order valence-corrected chi connectivity index (χ4v) is 2.90. The van der Waals surface area contributed by atoms with E-state index in [2.05, 4.69) is 18.8 Å². The molecule has 0 spiro atoms. The van der Waals surface area contributed by atoms with Gasteiger partial charge in [0.25, 0.3) is 0 Å². The van der Waals surface area contributed by atoms with Crippen LogP contribution in [0.5, 0.6) is 5.75 Å². The van der Waals surface area contributed by atoms with E-state index in [9.17, 15) is 4.39 Å². The minimum Gasteiger partial charge on any atom is -0.489 e. The first-order valence-electron chi connectivity index (χ1n) is 7.74. The predicted molar refractivity (Wildman–Crippen MR) is 85.3 cm³/mol. The molecule has 2 atom stereocenters. The summed E-state index contributed by atoms with van der Waals surface area (Å²) >= 11 is 5.62. The third kappa shape index (κ3) is 4.93. The van der Waals surface area contributed by atoms with Crippen LogP contribution in [0, 0.1) is 23.6 Å². The molecule has 1 aliphatic rings. The Morgan fingerprint density at radius 1 is 1.38 bits per heavy atom. The highest BCUT2D eigenvalue weighted by Crippen LogP contribution is 2.30. The van der Waals surface area contributed by atoms with Crippen LogP contribution in [-0.4, -0.2) is 12.0 Å². The van der Waals surface area contributed by atoms with Crippen LogP contribution < -0.4 is 4.74 Å². The van der Waals surface area contributed by atoms with Gasteiger partial charge in [-0.05, 0) is 43.4 Å². The normalized spacial score (nSPS) is 21.5. The molecule has 0 radical (unpaired) electrons. The van der Waals surface area contributed by atoms with Gasteiger partial charge in [0.15, 0.2) is 0 Å². The molecule has 3 heteroatoms. The lowest BCUT2D eigenvalue weighted by molar-refractivity contribution is 0.121. The van der Waals surface area contributed by atoms with Gasteiger partial charge in [-0.1, -0.05) is 31.6 Å². The van der Waals surface area contributed by atoms with E-state index in [4.69, 9.17) is 16.3 Å². The Labute approximate surface area is 131 Å². The molecule has 0 amide bonds. The van der Waals surface area contributed by atoms with Crippen molar-refractivity contribution in [3.63, 3.8) is 0 Å². The second kappa shape index (κ2) is 8.29. The first kappa shape index (κ1) is 16.2. The summed E-state index contributed by atoms with van der Waals surface area (Å²) in [6.45, 7) is 2.23. The van der Waals surface area contributed by atoms with E-state index in [0.717, 1.165) is 18.8 Å². The van der Waals surface area contributed by atoms with Crippen molar-refractivity contribution in [1.29, 1.82) is 0 Å². The molecule has 1 nitrogen and oxygen atoms in total. The lowest BCUT2D eigenvalue weighted by Gasteiger charge is -2.29. The van der Waals surface area contributed by atoms with Crippen LogP contribution in [0.3, 0.4) is 0 Å². The fourth-order valence-electron chi connectivity index (χ4n) is 2.81. The maximum absolute atomic E-state index is 13.4. The zero-order chi connectivity index (χ0) is 15.1. The lowest BCUT2D eigenvalue weighted by atomic mass is 9.85. The first-order valence-corrected chi connectivity index (χ1v) is 8.27. The number of benzene rings is 1. The molecule has 0 heterocycles. The number of ether oxygens (including phenoxy) is 1. The SMILES string of the molecule is CCC1CCCC(Oc2ccc(F)cc2C#CCCCl)C1. The Bertz CT molecular complexity index is 518. The highest BCUT2D eigenvalue weighted by atomic mass is 35.5. The van der Waals surface area contributed by atoms with E-state index in [0.29, 0.717) is 23.6 Å². The predicted octanol–water partition coefficient (Wildman–Crippen LogP) is 5.15. The summed E-state index contributed by atoms with van der Waals surface area (Å²) in [6.07, 6.45) is 6.68. The molecular formula is C18H22ClFO. The molecular weight excluding hydrogens is 287 g/mol. The van der Waals surface area contributed by atoms with Crippen molar-refractivity contribution in [1.82, 2.24) is 0 Å². The largest absolute Gasteiger partial charge is 0.489 e. The van der Waals surface area contributed by atoms with Gasteiger partial charge in [0, 0.05) is 12.3 Å². The zero-order valence-electron chi connectivity index (χ0n) is 12.5. The number of hydrogen-bond acceptors (Lipinski definition) is 1. The van der Waals surface area contributed by atoms with Gasteiger partial charge < -0.3 is 4.74 Å². The Kier molecular flexibility index (Phi) is 6.39. The van der Waals surface area contributed by atoms with Crippen molar-refractivity contribution in [2.24, 2.45) is 5.92 Å². The Hall–Kier alpha value is -1.20. The molecule has 2 rings (SSSR count). The number of rotatable bonds is 4. The van der Waals surface area contributed by atoms with E-state index in [1.807, 2.05) is 0 Å². The summed E-state index contributed by atoms with van der Waals surface area (Å²) in [5.41, 5.74) is 0.624. The minimum atomic E-state index is -0.285. The van der Waals surface area contributed by atoms with Crippen LogP contribution in [-0.2, 0) is 0 Å². The molecule has 0 N–H and O–H groups in total. The van der Waals surface area contributed by atoms with Gasteiger partial charge in [-0.3, -0.25) is 0 Å². The van der Waals surface area contributed by atoms with E-state index in [-0.39, 0.29) is 11.9 Å². The van der Waals surface area contributed by atoms with Gasteiger partial charge in [0.2, 0.25) is 0 Å². The second-order valence-electron chi connectivity index (χ2n) is 5.56. The standard InChI is InChI=1S/C18H22ClFO/c1-2-14-6-5-8-17(12-14)21-18-10-9-16(20)13-15(18)7-3-4-11-19/h9-10,13-14,17H,2,4-6,8,11-12H2,1H3. The number of hydrogen-bond donors (Lipinski definition) is 0. The highest BCUT2D eigenvalue weighted by molar-refractivity contribution is 6.18. The monoisotopic (exact) mass is 308 g/mol. The first-order chi connectivity index (χ1) is 10.2. The molecule has 0 saturated heterocycles. The van der Waals surface area contributed by atoms with Crippen LogP contribution in [0.2, 0.25) is 0 Å². The fraction of sp³-hybridized carbons (Fsp3) is 0.556. The van der Waals surface area contributed by atoms with Crippen molar-refractivity contribution in [2.75, 3.05) is 5.88 Å². The average Bonchev–Trinajstić information content (AvgIpc) is 2.50. The number of alkyl halides is 1. The van der Waals surface area contributed by atoms with Crippen LogP contribution in [0.1, 0.15) is 51.0 Å². The van der Waals surface area contributed by atoms with E-state index < -0.39 is 0 Å². The summed E-state index contributed by atoms with van der Waals surface area (Å²) in [5.74, 6) is 7.56. The van der Waals surface area contributed by atoms with E-state index >= 15 is 0 Å². The molecule has 1 saturated carbocycles. The minimum absolute atomic E-state index is 0.225. The quantitative estimate of drug-likeness (QED) is 0.552. The topological polar surface area (TPSA) is 9.23 Å². The molecule has 1 aromatic rings. The summed E-state index contributed by atoms with van der Waals surface area (Å²) in [7, 11) is 0. The Morgan fingerprint density at radius 3 is 3.00 bits per heavy atom. The third-order valence-electron chi connectivity index (χ3n) is 3.99. The number of halogens is 2. The van der Waals surface area contributed by atoms with Crippen molar-refractivity contribution in [3.05, 3.63) is 29.6 Å². The van der Waals surface area contributed by atoms with Crippen LogP contribution >= 0.6 is 11.6 Å². The second-order valence-corrected chi connectivity index (χ2v) is 5.94. The molecule has 1 aliphatic carbocycles. The smallest absolute Gasteiger partial charge is 0.135 e. The van der Waals surface area contributed by atoms with Crippen molar-refractivity contribution < 1.29 is 9.13 Å². The van der Waals surface area contributed by atoms with Crippen molar-refractivity contribution in [3.8, 4) is 17.6 Å². The molecule has 0 aliphatic heterocycles. The van der Waals surface area contributed by atoms with E-state index in [1.165, 1.54) is 31.4 Å². The highest BCUT2D eigenvalue weighted by Gasteiger charge is 2.22. The molecule has 114 valence electrons. The molecule has 0 aromatic heterocycles. The van der Waals surface area contributed by atoms with Gasteiger partial charge in [0.1, 0.15) is 11.6 Å². The van der Waals surface area contributed by atoms with Gasteiger partial charge >= 0.3 is 0 Å². The average molecular weight is 309 g/mol.